The fourth-order valence-electron chi connectivity index (χ4n) is 5.09. The second-order valence-corrected chi connectivity index (χ2v) is 9.88. The number of piperidine rings is 1. The van der Waals surface area contributed by atoms with E-state index < -0.39 is 0 Å². The Morgan fingerprint density at radius 3 is 2.41 bits per heavy atom. The van der Waals surface area contributed by atoms with Gasteiger partial charge in [0.1, 0.15) is 5.76 Å². The van der Waals surface area contributed by atoms with Crippen molar-refractivity contribution in [2.75, 3.05) is 19.0 Å². The monoisotopic (exact) mass is 396 g/mol. The van der Waals surface area contributed by atoms with Crippen LogP contribution in [0.25, 0.3) is 5.57 Å². The summed E-state index contributed by atoms with van der Waals surface area (Å²) in [5.74, 6) is 1.24. The van der Waals surface area contributed by atoms with Crippen LogP contribution in [0, 0.1) is 5.92 Å². The van der Waals surface area contributed by atoms with E-state index in [1.165, 1.54) is 0 Å². The van der Waals surface area contributed by atoms with Gasteiger partial charge in [0, 0.05) is 48.9 Å². The van der Waals surface area contributed by atoms with Gasteiger partial charge in [0.05, 0.1) is 11.7 Å². The van der Waals surface area contributed by atoms with Crippen LogP contribution in [0.4, 0.5) is 5.82 Å². The summed E-state index contributed by atoms with van der Waals surface area (Å²) in [4.78, 5) is 2.24. The van der Waals surface area contributed by atoms with Crippen molar-refractivity contribution in [1.82, 2.24) is 20.5 Å². The minimum absolute atomic E-state index is 0.0729. The first-order valence-electron chi connectivity index (χ1n) is 10.3. The van der Waals surface area contributed by atoms with Crippen molar-refractivity contribution in [3.8, 4) is 0 Å². The number of aliphatic hydroxyl groups is 1. The minimum Gasteiger partial charge on any atom is -0.508 e. The number of aromatic nitrogens is 2. The predicted octanol–water partition coefficient (Wildman–Crippen LogP) is 2.98. The van der Waals surface area contributed by atoms with E-state index in [1.807, 2.05) is 42.6 Å². The zero-order valence-corrected chi connectivity index (χ0v) is 18.2. The third-order valence-corrected chi connectivity index (χ3v) is 6.21. The van der Waals surface area contributed by atoms with E-state index in [4.69, 9.17) is 0 Å². The number of likely N-dealkylation sites (N-methyl/N-ethyl adjacent to an activating group) is 1. The third kappa shape index (κ3) is 3.88. The Morgan fingerprint density at radius 1 is 1.10 bits per heavy atom. The number of hydrogen-bond acceptors (Lipinski definition) is 7. The molecule has 0 saturated carbocycles. The minimum atomic E-state index is 0.0729. The lowest BCUT2D eigenvalue weighted by Crippen LogP contribution is -2.62. The fraction of sp³-hybridized carbons (Fsp3) is 0.591. The van der Waals surface area contributed by atoms with Crippen LogP contribution in [0.15, 0.2) is 35.1 Å². The van der Waals surface area contributed by atoms with Gasteiger partial charge in [-0.05, 0) is 58.7 Å². The zero-order chi connectivity index (χ0) is 21.0. The van der Waals surface area contributed by atoms with E-state index in [0.29, 0.717) is 11.7 Å². The fourth-order valence-corrected chi connectivity index (χ4v) is 5.09. The molecule has 0 radical (unpaired) electrons. The Morgan fingerprint density at radius 2 is 1.79 bits per heavy atom. The maximum absolute atomic E-state index is 10.5. The van der Waals surface area contributed by atoms with Gasteiger partial charge in [-0.1, -0.05) is 6.08 Å². The average Bonchev–Trinajstić information content (AvgIpc) is 2.98. The summed E-state index contributed by atoms with van der Waals surface area (Å²) in [5.41, 5.74) is 1.55. The zero-order valence-electron chi connectivity index (χ0n) is 18.2. The van der Waals surface area contributed by atoms with E-state index in [-0.39, 0.29) is 28.8 Å². The summed E-state index contributed by atoms with van der Waals surface area (Å²) in [7, 11) is 4.01. The molecule has 0 spiro atoms. The van der Waals surface area contributed by atoms with Crippen LogP contribution in [0.5, 0.6) is 0 Å². The highest BCUT2D eigenvalue weighted by Crippen LogP contribution is 2.34. The molecular weight excluding hydrogens is 364 g/mol. The van der Waals surface area contributed by atoms with E-state index >= 15 is 0 Å². The Labute approximate surface area is 173 Å². The SMILES string of the molecule is CN1N=CC2C=C(c3ccc(N(C)C4CC(C)(C)NC(C)(C)C4)nn3)C(O)=CC21. The maximum atomic E-state index is 10.5. The molecule has 1 aliphatic carbocycles. The first-order valence-corrected chi connectivity index (χ1v) is 10.3. The molecule has 0 bridgehead atoms. The highest BCUT2D eigenvalue weighted by Gasteiger charge is 2.39. The van der Waals surface area contributed by atoms with E-state index in [2.05, 4.69) is 60.3 Å². The van der Waals surface area contributed by atoms with Gasteiger partial charge in [-0.3, -0.25) is 5.01 Å². The number of rotatable bonds is 3. The second kappa shape index (κ2) is 6.83. The van der Waals surface area contributed by atoms with E-state index in [1.54, 1.807) is 0 Å². The molecule has 0 aromatic carbocycles. The van der Waals surface area contributed by atoms with Gasteiger partial charge in [0.15, 0.2) is 5.82 Å². The maximum Gasteiger partial charge on any atom is 0.151 e. The van der Waals surface area contributed by atoms with Gasteiger partial charge >= 0.3 is 0 Å². The van der Waals surface area contributed by atoms with Crippen molar-refractivity contribution in [2.45, 2.75) is 63.7 Å². The number of nitrogens with zero attached hydrogens (tertiary/aromatic N) is 5. The molecule has 2 N–H and O–H groups in total. The van der Waals surface area contributed by atoms with Gasteiger partial charge in [-0.15, -0.1) is 10.2 Å². The largest absolute Gasteiger partial charge is 0.508 e. The lowest BCUT2D eigenvalue weighted by Gasteiger charge is -2.49. The number of nitrogens with one attached hydrogen (secondary N) is 1. The van der Waals surface area contributed by atoms with Crippen molar-refractivity contribution < 1.29 is 5.11 Å². The van der Waals surface area contributed by atoms with Crippen molar-refractivity contribution in [3.05, 3.63) is 35.7 Å². The highest BCUT2D eigenvalue weighted by atomic mass is 16.3. The van der Waals surface area contributed by atoms with E-state index in [0.717, 1.165) is 24.2 Å². The first-order chi connectivity index (χ1) is 13.5. The van der Waals surface area contributed by atoms with Gasteiger partial charge < -0.3 is 15.3 Å². The third-order valence-electron chi connectivity index (χ3n) is 6.21. The second-order valence-electron chi connectivity index (χ2n) is 9.88. The Hall–Kier alpha value is -2.41. The molecule has 156 valence electrons. The highest BCUT2D eigenvalue weighted by molar-refractivity contribution is 5.82. The molecule has 29 heavy (non-hydrogen) atoms. The molecule has 2 aliphatic heterocycles. The van der Waals surface area contributed by atoms with Crippen LogP contribution in [0.3, 0.4) is 0 Å². The smallest absolute Gasteiger partial charge is 0.151 e. The predicted molar refractivity (Wildman–Crippen MR) is 117 cm³/mol. The van der Waals surface area contributed by atoms with Crippen molar-refractivity contribution >= 4 is 17.6 Å². The number of fused-ring (bicyclic) bond motifs is 1. The lowest BCUT2D eigenvalue weighted by molar-refractivity contribution is 0.160. The molecule has 1 aromatic heterocycles. The molecule has 2 unspecified atom stereocenters. The number of anilines is 1. The molecule has 1 fully saturated rings. The summed E-state index contributed by atoms with van der Waals surface area (Å²) in [5, 5.41) is 29.3. The van der Waals surface area contributed by atoms with Gasteiger partial charge in [0.25, 0.3) is 0 Å². The molecule has 7 nitrogen and oxygen atoms in total. The van der Waals surface area contributed by atoms with Crippen LogP contribution in [0.2, 0.25) is 0 Å². The Balaban J connectivity index is 1.53. The van der Waals surface area contributed by atoms with Crippen molar-refractivity contribution in [1.29, 1.82) is 0 Å². The van der Waals surface area contributed by atoms with Gasteiger partial charge in [0.2, 0.25) is 0 Å². The van der Waals surface area contributed by atoms with Crippen LogP contribution in [-0.4, -0.2) is 63.8 Å². The van der Waals surface area contributed by atoms with Crippen molar-refractivity contribution in [3.63, 3.8) is 0 Å². The molecule has 3 heterocycles. The summed E-state index contributed by atoms with van der Waals surface area (Å²) in [6.07, 6.45) is 7.86. The molecule has 4 rings (SSSR count). The summed E-state index contributed by atoms with van der Waals surface area (Å²) in [6.45, 7) is 9.02. The molecule has 7 heteroatoms. The topological polar surface area (TPSA) is 76.9 Å². The Bertz CT molecular complexity index is 854. The molecule has 1 saturated heterocycles. The van der Waals surface area contributed by atoms with Gasteiger partial charge in [-0.25, -0.2) is 0 Å². The van der Waals surface area contributed by atoms with Crippen LogP contribution in [0.1, 0.15) is 46.2 Å². The number of hydrogen-bond donors (Lipinski definition) is 2. The number of aliphatic hydroxyl groups excluding tert-OH is 1. The normalized spacial score (nSPS) is 28.0. The van der Waals surface area contributed by atoms with Crippen LogP contribution in [-0.2, 0) is 0 Å². The molecule has 3 aliphatic rings. The quantitative estimate of drug-likeness (QED) is 0.818. The molecule has 1 aromatic rings. The Kier molecular flexibility index (Phi) is 4.69. The molecule has 2 atom stereocenters. The van der Waals surface area contributed by atoms with Crippen LogP contribution < -0.4 is 10.2 Å². The molecule has 0 amide bonds. The summed E-state index contributed by atoms with van der Waals surface area (Å²) in [6, 6.07) is 4.40. The summed E-state index contributed by atoms with van der Waals surface area (Å²) >= 11 is 0. The standard InChI is InChI=1S/C22H32N6O/c1-21(2)11-15(12-22(3,4)26-21)27(5)20-8-7-17(24-25-20)16-9-14-13-23-28(6)18(14)10-19(16)29/h7-10,13-15,18,26,29H,11-12H2,1-6H3. The molecular formula is C22H32N6O. The number of hydrazone groups is 1. The van der Waals surface area contributed by atoms with Crippen LogP contribution >= 0.6 is 0 Å². The average molecular weight is 397 g/mol. The first kappa shape index (κ1) is 19.9. The number of allylic oxidation sites excluding steroid dienone is 1. The van der Waals surface area contributed by atoms with Gasteiger partial charge in [-0.2, -0.15) is 5.10 Å². The van der Waals surface area contributed by atoms with Crippen molar-refractivity contribution in [2.24, 2.45) is 11.0 Å². The summed E-state index contributed by atoms with van der Waals surface area (Å²) < 4.78 is 0. The van der Waals surface area contributed by atoms with E-state index in [9.17, 15) is 5.11 Å². The lowest BCUT2D eigenvalue weighted by atomic mass is 9.79.